The van der Waals surface area contributed by atoms with Crippen molar-refractivity contribution in [3.8, 4) is 0 Å². The Labute approximate surface area is 180 Å². The Bertz CT molecular complexity index is 1170. The molecule has 3 aromatic rings. The first-order valence-corrected chi connectivity index (χ1v) is 10.6. The van der Waals surface area contributed by atoms with Gasteiger partial charge in [0, 0.05) is 19.7 Å². The first-order chi connectivity index (χ1) is 14.9. The van der Waals surface area contributed by atoms with Crippen LogP contribution in [0.3, 0.4) is 0 Å². The van der Waals surface area contributed by atoms with Gasteiger partial charge in [-0.15, -0.1) is 0 Å². The Kier molecular flexibility index (Phi) is 4.72. The number of amides is 1. The lowest BCUT2D eigenvalue weighted by Gasteiger charge is -2.32. The highest BCUT2D eigenvalue weighted by atomic mass is 19.1. The van der Waals surface area contributed by atoms with Gasteiger partial charge in [0.1, 0.15) is 23.4 Å². The van der Waals surface area contributed by atoms with Crippen LogP contribution in [-0.4, -0.2) is 38.7 Å². The van der Waals surface area contributed by atoms with E-state index in [-0.39, 0.29) is 23.8 Å². The molecule has 0 spiro atoms. The second-order valence-corrected chi connectivity index (χ2v) is 8.43. The molecule has 1 aromatic carbocycles. The third kappa shape index (κ3) is 3.45. The number of hydrogen-bond donors (Lipinski definition) is 1. The van der Waals surface area contributed by atoms with E-state index in [0.29, 0.717) is 12.1 Å². The van der Waals surface area contributed by atoms with Crippen molar-refractivity contribution in [2.24, 2.45) is 0 Å². The summed E-state index contributed by atoms with van der Waals surface area (Å²) in [6.07, 6.45) is 7.23. The third-order valence-electron chi connectivity index (χ3n) is 6.43. The number of rotatable bonds is 4. The lowest BCUT2D eigenvalue weighted by atomic mass is 10.1. The number of benzene rings is 1. The summed E-state index contributed by atoms with van der Waals surface area (Å²) in [6, 6.07) is 4.85. The van der Waals surface area contributed by atoms with Crippen LogP contribution >= 0.6 is 0 Å². The number of aromatic nitrogens is 4. The summed E-state index contributed by atoms with van der Waals surface area (Å²) >= 11 is 0. The first-order valence-electron chi connectivity index (χ1n) is 10.6. The number of carbonyl (C=O) groups excluding carboxylic acids is 1. The lowest BCUT2D eigenvalue weighted by Crippen LogP contribution is -2.45. The minimum Gasteiger partial charge on any atom is -0.346 e. The van der Waals surface area contributed by atoms with Gasteiger partial charge >= 0.3 is 0 Å². The molecule has 0 saturated carbocycles. The number of fused-ring (bicyclic) bond motifs is 2. The Balaban J connectivity index is 1.33. The molecule has 0 bridgehead atoms. The van der Waals surface area contributed by atoms with E-state index in [0.717, 1.165) is 47.7 Å². The highest BCUT2D eigenvalue weighted by Crippen LogP contribution is 2.35. The van der Waals surface area contributed by atoms with E-state index in [1.54, 1.807) is 6.07 Å². The fraction of sp³-hybridized carbons (Fsp3) is 0.391. The smallest absolute Gasteiger partial charge is 0.246 e. The number of anilines is 2. The number of aryl methyl sites for hydroxylation is 4. The van der Waals surface area contributed by atoms with Crippen LogP contribution in [0, 0.1) is 12.7 Å². The van der Waals surface area contributed by atoms with Gasteiger partial charge in [0.05, 0.1) is 17.9 Å². The summed E-state index contributed by atoms with van der Waals surface area (Å²) in [5, 5.41) is 7.47. The average Bonchev–Trinajstić information content (AvgIpc) is 3.38. The van der Waals surface area contributed by atoms with Gasteiger partial charge < -0.3 is 10.2 Å². The van der Waals surface area contributed by atoms with Crippen LogP contribution < -0.4 is 10.2 Å². The van der Waals surface area contributed by atoms with Crippen molar-refractivity contribution < 1.29 is 9.18 Å². The van der Waals surface area contributed by atoms with Crippen LogP contribution in [0.5, 0.6) is 0 Å². The quantitative estimate of drug-likeness (QED) is 0.701. The minimum absolute atomic E-state index is 0.0461. The molecule has 0 fully saturated rings. The maximum absolute atomic E-state index is 13.7. The van der Waals surface area contributed by atoms with Crippen molar-refractivity contribution in [1.29, 1.82) is 0 Å². The molecule has 1 unspecified atom stereocenters. The number of hydrogen-bond acceptors (Lipinski definition) is 5. The minimum atomic E-state index is -0.271. The molecule has 1 aliphatic heterocycles. The molecule has 8 heteroatoms. The molecule has 2 atom stereocenters. The lowest BCUT2D eigenvalue weighted by molar-refractivity contribution is -0.117. The van der Waals surface area contributed by atoms with E-state index < -0.39 is 0 Å². The molecule has 1 N–H and O–H groups in total. The van der Waals surface area contributed by atoms with Crippen molar-refractivity contribution in [3.05, 3.63) is 64.6 Å². The zero-order valence-corrected chi connectivity index (χ0v) is 17.9. The van der Waals surface area contributed by atoms with Gasteiger partial charge in [-0.2, -0.15) is 5.10 Å². The van der Waals surface area contributed by atoms with Crippen LogP contribution in [0.15, 0.2) is 30.6 Å². The molecule has 1 amide bonds. The topological polar surface area (TPSA) is 75.9 Å². The van der Waals surface area contributed by atoms with Crippen molar-refractivity contribution in [2.75, 3.05) is 17.3 Å². The molecule has 3 heterocycles. The second kappa shape index (κ2) is 7.44. The number of nitrogens with zero attached hydrogens (tertiary/aromatic N) is 5. The van der Waals surface area contributed by atoms with Gasteiger partial charge in [0.2, 0.25) is 5.91 Å². The van der Waals surface area contributed by atoms with E-state index in [1.165, 1.54) is 11.6 Å². The van der Waals surface area contributed by atoms with Crippen LogP contribution in [0.4, 0.5) is 15.9 Å². The Morgan fingerprint density at radius 1 is 1.26 bits per heavy atom. The summed E-state index contributed by atoms with van der Waals surface area (Å²) in [5.41, 5.74) is 4.79. The molecular weight excluding hydrogens is 395 g/mol. The molecule has 31 heavy (non-hydrogen) atoms. The van der Waals surface area contributed by atoms with Crippen molar-refractivity contribution in [1.82, 2.24) is 19.7 Å². The number of carbonyl (C=O) groups is 1. The van der Waals surface area contributed by atoms with Gasteiger partial charge in [0.15, 0.2) is 5.82 Å². The van der Waals surface area contributed by atoms with Crippen LogP contribution in [0.2, 0.25) is 0 Å². The van der Waals surface area contributed by atoms with Gasteiger partial charge in [0.25, 0.3) is 0 Å². The molecule has 0 saturated heterocycles. The number of likely N-dealkylation sites (N-methyl/N-ethyl adjacent to an activating group) is 1. The maximum atomic E-state index is 13.7. The molecule has 1 aliphatic carbocycles. The normalized spacial score (nSPS) is 19.9. The Hall–Kier alpha value is -3.29. The molecule has 0 radical (unpaired) electrons. The van der Waals surface area contributed by atoms with Gasteiger partial charge in [-0.25, -0.2) is 14.4 Å². The fourth-order valence-corrected chi connectivity index (χ4v) is 4.47. The predicted molar refractivity (Wildman–Crippen MR) is 116 cm³/mol. The summed E-state index contributed by atoms with van der Waals surface area (Å²) in [6.45, 7) is 3.75. The zero-order valence-electron chi connectivity index (χ0n) is 17.9. The average molecular weight is 420 g/mol. The fourth-order valence-electron chi connectivity index (χ4n) is 4.47. The SMILES string of the molecule is Cc1nc(CCc2cnn(C3CCc4ccc(F)cc43)c2)nc2c1NC(=O)[C@H](C)N2C. The van der Waals surface area contributed by atoms with Crippen LogP contribution in [0.1, 0.15) is 47.6 Å². The van der Waals surface area contributed by atoms with Crippen LogP contribution in [0.25, 0.3) is 0 Å². The second-order valence-electron chi connectivity index (χ2n) is 8.43. The highest BCUT2D eigenvalue weighted by Gasteiger charge is 2.30. The molecule has 7 nitrogen and oxygen atoms in total. The summed E-state index contributed by atoms with van der Waals surface area (Å²) in [7, 11) is 1.88. The molecule has 2 aromatic heterocycles. The Morgan fingerprint density at radius 3 is 2.94 bits per heavy atom. The van der Waals surface area contributed by atoms with E-state index in [4.69, 9.17) is 4.98 Å². The number of halogens is 1. The van der Waals surface area contributed by atoms with E-state index >= 15 is 0 Å². The van der Waals surface area contributed by atoms with Gasteiger partial charge in [-0.3, -0.25) is 9.48 Å². The molecule has 5 rings (SSSR count). The van der Waals surface area contributed by atoms with Crippen LogP contribution in [-0.2, 0) is 24.1 Å². The van der Waals surface area contributed by atoms with Gasteiger partial charge in [-0.05, 0) is 61.9 Å². The van der Waals surface area contributed by atoms with Crippen molar-refractivity contribution >= 4 is 17.4 Å². The third-order valence-corrected chi connectivity index (χ3v) is 6.43. The largest absolute Gasteiger partial charge is 0.346 e. The predicted octanol–water partition coefficient (Wildman–Crippen LogP) is 3.22. The van der Waals surface area contributed by atoms with E-state index in [1.807, 2.05) is 48.9 Å². The number of nitrogens with one attached hydrogen (secondary N) is 1. The summed E-state index contributed by atoms with van der Waals surface area (Å²) in [4.78, 5) is 23.3. The summed E-state index contributed by atoms with van der Waals surface area (Å²) < 4.78 is 15.7. The van der Waals surface area contributed by atoms with E-state index in [9.17, 15) is 9.18 Å². The zero-order chi connectivity index (χ0) is 21.7. The van der Waals surface area contributed by atoms with Crippen molar-refractivity contribution in [3.63, 3.8) is 0 Å². The van der Waals surface area contributed by atoms with Gasteiger partial charge in [-0.1, -0.05) is 6.07 Å². The highest BCUT2D eigenvalue weighted by molar-refractivity contribution is 6.02. The summed E-state index contributed by atoms with van der Waals surface area (Å²) in [5.74, 6) is 1.26. The molecule has 2 aliphatic rings. The van der Waals surface area contributed by atoms with E-state index in [2.05, 4.69) is 15.4 Å². The molecule has 160 valence electrons. The maximum Gasteiger partial charge on any atom is 0.246 e. The monoisotopic (exact) mass is 420 g/mol. The first kappa shape index (κ1) is 19.7. The Morgan fingerprint density at radius 2 is 2.10 bits per heavy atom. The molecular formula is C23H25FN6O. The standard InChI is InChI=1S/C23H25FN6O/c1-13-21-22(29(3)14(2)23(31)28-21)27-20(26-13)9-4-15-11-25-30(12-15)19-8-6-16-5-7-17(24)10-18(16)19/h5,7,10-12,14,19H,4,6,8-9H2,1-3H3,(H,28,31)/t14-,19?/m0/s1. The van der Waals surface area contributed by atoms with Crippen molar-refractivity contribution in [2.45, 2.75) is 51.6 Å².